The van der Waals surface area contributed by atoms with E-state index >= 15 is 0 Å². The van der Waals surface area contributed by atoms with E-state index in [1.807, 2.05) is 31.2 Å². The summed E-state index contributed by atoms with van der Waals surface area (Å²) in [4.78, 5) is 14.3. The molecule has 6 nitrogen and oxygen atoms in total. The maximum atomic E-state index is 12.1. The second kappa shape index (κ2) is 7.81. The standard InChI is InChI=1S/C19H21N3O3/c1-14(20-21-19(24)17-4-2-3-5-18(17)23)15-6-8-16(9-7-15)22-10-12-25-13-11-22/h2-9,23H,10-13H2,1H3,(H,21,24)/b20-14-. The highest BCUT2D eigenvalue weighted by Gasteiger charge is 2.12. The number of amides is 1. The van der Waals surface area contributed by atoms with Crippen LogP contribution in [0.15, 0.2) is 53.6 Å². The van der Waals surface area contributed by atoms with E-state index in [0.717, 1.165) is 37.6 Å². The van der Waals surface area contributed by atoms with Crippen molar-refractivity contribution in [3.63, 3.8) is 0 Å². The number of aromatic hydroxyl groups is 1. The van der Waals surface area contributed by atoms with Gasteiger partial charge < -0.3 is 14.7 Å². The molecular formula is C19H21N3O3. The monoisotopic (exact) mass is 339 g/mol. The van der Waals surface area contributed by atoms with Crippen LogP contribution in [0.1, 0.15) is 22.8 Å². The van der Waals surface area contributed by atoms with Gasteiger partial charge in [-0.3, -0.25) is 4.79 Å². The second-order valence-corrected chi connectivity index (χ2v) is 5.80. The second-order valence-electron chi connectivity index (χ2n) is 5.80. The number of hydrogen-bond acceptors (Lipinski definition) is 5. The van der Waals surface area contributed by atoms with Gasteiger partial charge in [-0.05, 0) is 36.8 Å². The van der Waals surface area contributed by atoms with Gasteiger partial charge >= 0.3 is 0 Å². The highest BCUT2D eigenvalue weighted by atomic mass is 16.5. The van der Waals surface area contributed by atoms with Crippen molar-refractivity contribution in [2.45, 2.75) is 6.92 Å². The molecule has 6 heteroatoms. The Morgan fingerprint density at radius 3 is 2.48 bits per heavy atom. The Kier molecular flexibility index (Phi) is 5.30. The minimum Gasteiger partial charge on any atom is -0.507 e. The molecule has 1 aliphatic heterocycles. The maximum Gasteiger partial charge on any atom is 0.275 e. The van der Waals surface area contributed by atoms with E-state index in [0.29, 0.717) is 5.71 Å². The Bertz CT molecular complexity index is 766. The molecule has 1 amide bonds. The lowest BCUT2D eigenvalue weighted by Crippen LogP contribution is -2.36. The van der Waals surface area contributed by atoms with Crippen molar-refractivity contribution in [2.24, 2.45) is 5.10 Å². The first kappa shape index (κ1) is 17.0. The van der Waals surface area contributed by atoms with E-state index in [1.54, 1.807) is 18.2 Å². The Hall–Kier alpha value is -2.86. The van der Waals surface area contributed by atoms with Crippen LogP contribution in [0.25, 0.3) is 0 Å². The van der Waals surface area contributed by atoms with Crippen molar-refractivity contribution in [3.8, 4) is 5.75 Å². The van der Waals surface area contributed by atoms with Crippen LogP contribution in [-0.2, 0) is 4.74 Å². The summed E-state index contributed by atoms with van der Waals surface area (Å²) in [5.74, 6) is -0.509. The quantitative estimate of drug-likeness (QED) is 0.662. The number of para-hydroxylation sites is 1. The van der Waals surface area contributed by atoms with Crippen molar-refractivity contribution >= 4 is 17.3 Å². The third-order valence-electron chi connectivity index (χ3n) is 4.14. The fraction of sp³-hybridized carbons (Fsp3) is 0.263. The average molecular weight is 339 g/mol. The molecule has 2 aromatic rings. The molecule has 0 unspecified atom stereocenters. The molecule has 1 heterocycles. The Balaban J connectivity index is 1.66. The van der Waals surface area contributed by atoms with Crippen LogP contribution < -0.4 is 10.3 Å². The molecule has 2 N–H and O–H groups in total. The molecule has 0 atom stereocenters. The zero-order valence-corrected chi connectivity index (χ0v) is 14.1. The number of nitrogens with zero attached hydrogens (tertiary/aromatic N) is 2. The van der Waals surface area contributed by atoms with E-state index in [4.69, 9.17) is 4.74 Å². The minimum absolute atomic E-state index is 0.0669. The van der Waals surface area contributed by atoms with Crippen molar-refractivity contribution in [3.05, 3.63) is 59.7 Å². The molecule has 0 aromatic heterocycles. The van der Waals surface area contributed by atoms with Gasteiger partial charge in [-0.15, -0.1) is 0 Å². The van der Waals surface area contributed by atoms with Crippen LogP contribution in [0.2, 0.25) is 0 Å². The molecular weight excluding hydrogens is 318 g/mol. The number of carbonyl (C=O) groups is 1. The van der Waals surface area contributed by atoms with Crippen LogP contribution in [0.3, 0.4) is 0 Å². The summed E-state index contributed by atoms with van der Waals surface area (Å²) in [6.45, 7) is 5.11. The average Bonchev–Trinajstić information content (AvgIpc) is 2.67. The lowest BCUT2D eigenvalue weighted by atomic mass is 10.1. The number of nitrogens with one attached hydrogen (secondary N) is 1. The van der Waals surface area contributed by atoms with Gasteiger partial charge in [0, 0.05) is 18.8 Å². The first-order valence-corrected chi connectivity index (χ1v) is 8.21. The number of carbonyl (C=O) groups excluding carboxylic acids is 1. The van der Waals surface area contributed by atoms with Crippen LogP contribution in [0.5, 0.6) is 5.75 Å². The number of phenols is 1. The number of morpholine rings is 1. The van der Waals surface area contributed by atoms with Gasteiger partial charge in [0.1, 0.15) is 5.75 Å². The van der Waals surface area contributed by atoms with Gasteiger partial charge in [0.15, 0.2) is 0 Å². The smallest absolute Gasteiger partial charge is 0.275 e. The van der Waals surface area contributed by atoms with Crippen LogP contribution in [0.4, 0.5) is 5.69 Å². The molecule has 0 saturated carbocycles. The number of ether oxygens (including phenoxy) is 1. The predicted octanol–water partition coefficient (Wildman–Crippen LogP) is 2.38. The van der Waals surface area contributed by atoms with Crippen molar-refractivity contribution in [1.82, 2.24) is 5.43 Å². The summed E-state index contributed by atoms with van der Waals surface area (Å²) >= 11 is 0. The fourth-order valence-electron chi connectivity index (χ4n) is 2.66. The topological polar surface area (TPSA) is 74.2 Å². The third-order valence-corrected chi connectivity index (χ3v) is 4.14. The lowest BCUT2D eigenvalue weighted by Gasteiger charge is -2.28. The molecule has 0 radical (unpaired) electrons. The van der Waals surface area contributed by atoms with E-state index in [9.17, 15) is 9.90 Å². The highest BCUT2D eigenvalue weighted by Crippen LogP contribution is 2.17. The molecule has 1 saturated heterocycles. The lowest BCUT2D eigenvalue weighted by molar-refractivity contribution is 0.0952. The minimum atomic E-state index is -0.442. The molecule has 0 spiro atoms. The molecule has 2 aromatic carbocycles. The number of anilines is 1. The zero-order valence-electron chi connectivity index (χ0n) is 14.1. The van der Waals surface area contributed by atoms with Crippen molar-refractivity contribution in [1.29, 1.82) is 0 Å². The van der Waals surface area contributed by atoms with Crippen LogP contribution >= 0.6 is 0 Å². The summed E-state index contributed by atoms with van der Waals surface area (Å²) in [7, 11) is 0. The maximum absolute atomic E-state index is 12.1. The first-order valence-electron chi connectivity index (χ1n) is 8.21. The Morgan fingerprint density at radius 1 is 1.12 bits per heavy atom. The largest absolute Gasteiger partial charge is 0.507 e. The fourth-order valence-corrected chi connectivity index (χ4v) is 2.66. The zero-order chi connectivity index (χ0) is 17.6. The Morgan fingerprint density at radius 2 is 1.80 bits per heavy atom. The molecule has 1 aliphatic rings. The van der Waals surface area contributed by atoms with E-state index < -0.39 is 5.91 Å². The first-order chi connectivity index (χ1) is 12.1. The summed E-state index contributed by atoms with van der Waals surface area (Å²) in [6, 6.07) is 14.4. The van der Waals surface area contributed by atoms with Crippen LogP contribution in [0, 0.1) is 0 Å². The van der Waals surface area contributed by atoms with Crippen molar-refractivity contribution < 1.29 is 14.6 Å². The van der Waals surface area contributed by atoms with Gasteiger partial charge in [-0.1, -0.05) is 24.3 Å². The number of benzene rings is 2. The predicted molar refractivity (Wildman–Crippen MR) is 97.3 cm³/mol. The highest BCUT2D eigenvalue weighted by molar-refractivity contribution is 6.01. The summed E-state index contributed by atoms with van der Waals surface area (Å²) < 4.78 is 5.36. The molecule has 3 rings (SSSR count). The SMILES string of the molecule is C/C(=N/NC(=O)c1ccccc1O)c1ccc(N2CCOCC2)cc1. The number of rotatable bonds is 4. The Labute approximate surface area is 146 Å². The molecule has 130 valence electrons. The van der Waals surface area contributed by atoms with Gasteiger partial charge in [0.25, 0.3) is 5.91 Å². The molecule has 0 aliphatic carbocycles. The van der Waals surface area contributed by atoms with Crippen molar-refractivity contribution in [2.75, 3.05) is 31.2 Å². The van der Waals surface area contributed by atoms with E-state index in [2.05, 4.69) is 15.4 Å². The summed E-state index contributed by atoms with van der Waals surface area (Å²) in [5, 5.41) is 13.8. The van der Waals surface area contributed by atoms with Crippen LogP contribution in [-0.4, -0.2) is 43.0 Å². The molecule has 1 fully saturated rings. The van der Waals surface area contributed by atoms with Gasteiger partial charge in [-0.2, -0.15) is 5.10 Å². The number of phenolic OH excluding ortho intramolecular Hbond substituents is 1. The summed E-state index contributed by atoms with van der Waals surface area (Å²) in [6.07, 6.45) is 0. The van der Waals surface area contributed by atoms with Gasteiger partial charge in [-0.25, -0.2) is 5.43 Å². The number of hydrazone groups is 1. The van der Waals surface area contributed by atoms with Gasteiger partial charge in [0.05, 0.1) is 24.5 Å². The molecule has 0 bridgehead atoms. The summed E-state index contributed by atoms with van der Waals surface area (Å²) in [5.41, 5.74) is 5.44. The van der Waals surface area contributed by atoms with Gasteiger partial charge in [0.2, 0.25) is 0 Å². The van der Waals surface area contributed by atoms with E-state index in [-0.39, 0.29) is 11.3 Å². The number of hydrogen-bond donors (Lipinski definition) is 2. The normalized spacial score (nSPS) is 15.1. The molecule has 25 heavy (non-hydrogen) atoms. The van der Waals surface area contributed by atoms with E-state index in [1.165, 1.54) is 6.07 Å². The third kappa shape index (κ3) is 4.16.